The zero-order valence-corrected chi connectivity index (χ0v) is 10.7. The molecule has 0 aromatic heterocycles. The van der Waals surface area contributed by atoms with Crippen molar-refractivity contribution in [2.45, 2.75) is 13.0 Å². The van der Waals surface area contributed by atoms with E-state index in [0.29, 0.717) is 12.6 Å². The molecule has 0 aliphatic heterocycles. The van der Waals surface area contributed by atoms with Crippen molar-refractivity contribution in [3.8, 4) is 5.75 Å². The Hall–Kier alpha value is -1.06. The molecule has 0 fully saturated rings. The van der Waals surface area contributed by atoms with Crippen molar-refractivity contribution >= 4 is 0 Å². The van der Waals surface area contributed by atoms with Crippen LogP contribution in [0.2, 0.25) is 0 Å². The maximum absolute atomic E-state index is 5.64. The van der Waals surface area contributed by atoms with Gasteiger partial charge in [0.15, 0.2) is 0 Å². The number of rotatable bonds is 6. The number of hydrogen-bond acceptors (Lipinski definition) is 3. The molecule has 1 aromatic rings. The van der Waals surface area contributed by atoms with Gasteiger partial charge in [0.05, 0.1) is 6.61 Å². The maximum atomic E-state index is 5.64. The fourth-order valence-electron chi connectivity index (χ4n) is 1.77. The van der Waals surface area contributed by atoms with Crippen molar-refractivity contribution in [1.82, 2.24) is 10.2 Å². The van der Waals surface area contributed by atoms with Crippen LogP contribution in [0.4, 0.5) is 0 Å². The Morgan fingerprint density at radius 2 is 2.00 bits per heavy atom. The molecule has 0 bridgehead atoms. The van der Waals surface area contributed by atoms with E-state index in [1.54, 1.807) is 0 Å². The predicted molar refractivity (Wildman–Crippen MR) is 68.0 cm³/mol. The summed E-state index contributed by atoms with van der Waals surface area (Å²) >= 11 is 0. The summed E-state index contributed by atoms with van der Waals surface area (Å²) in [5, 5.41) is 3.33. The monoisotopic (exact) mass is 222 g/mol. The number of benzene rings is 1. The smallest absolute Gasteiger partial charge is 0.124 e. The van der Waals surface area contributed by atoms with Gasteiger partial charge in [0.2, 0.25) is 0 Å². The highest BCUT2D eigenvalue weighted by Gasteiger charge is 2.14. The average molecular weight is 222 g/mol. The topological polar surface area (TPSA) is 24.5 Å². The first-order chi connectivity index (χ1) is 7.69. The number of para-hydroxylation sites is 1. The van der Waals surface area contributed by atoms with Crippen LogP contribution in [0.15, 0.2) is 24.3 Å². The lowest BCUT2D eigenvalue weighted by molar-refractivity contribution is 0.316. The van der Waals surface area contributed by atoms with Crippen LogP contribution in [0.3, 0.4) is 0 Å². The Morgan fingerprint density at radius 3 is 2.56 bits per heavy atom. The summed E-state index contributed by atoms with van der Waals surface area (Å²) in [4.78, 5) is 2.17. The van der Waals surface area contributed by atoms with Gasteiger partial charge in [-0.05, 0) is 34.1 Å². The molecule has 90 valence electrons. The Kier molecular flexibility index (Phi) is 5.29. The number of nitrogens with one attached hydrogen (secondary N) is 1. The summed E-state index contributed by atoms with van der Waals surface area (Å²) in [6.07, 6.45) is 0. The summed E-state index contributed by atoms with van der Waals surface area (Å²) in [6, 6.07) is 8.52. The molecule has 0 spiro atoms. The van der Waals surface area contributed by atoms with E-state index in [0.717, 1.165) is 12.3 Å². The lowest BCUT2D eigenvalue weighted by Gasteiger charge is -2.23. The largest absolute Gasteiger partial charge is 0.494 e. The molecule has 3 heteroatoms. The lowest BCUT2D eigenvalue weighted by Crippen LogP contribution is -2.29. The van der Waals surface area contributed by atoms with Crippen LogP contribution < -0.4 is 10.1 Å². The molecule has 0 saturated carbocycles. The van der Waals surface area contributed by atoms with Crippen molar-refractivity contribution in [2.24, 2.45) is 0 Å². The number of hydrogen-bond donors (Lipinski definition) is 1. The maximum Gasteiger partial charge on any atom is 0.124 e. The van der Waals surface area contributed by atoms with E-state index in [1.807, 2.05) is 26.1 Å². The zero-order valence-electron chi connectivity index (χ0n) is 10.7. The minimum Gasteiger partial charge on any atom is -0.494 e. The van der Waals surface area contributed by atoms with E-state index in [2.05, 4.69) is 36.4 Å². The van der Waals surface area contributed by atoms with Gasteiger partial charge >= 0.3 is 0 Å². The first-order valence-corrected chi connectivity index (χ1v) is 5.72. The first-order valence-electron chi connectivity index (χ1n) is 5.72. The third-order valence-corrected chi connectivity index (χ3v) is 2.49. The molecule has 16 heavy (non-hydrogen) atoms. The van der Waals surface area contributed by atoms with E-state index in [9.17, 15) is 0 Å². The van der Waals surface area contributed by atoms with Crippen molar-refractivity contribution in [2.75, 3.05) is 34.3 Å². The minimum atomic E-state index is 0.303. The number of likely N-dealkylation sites (N-methyl/N-ethyl adjacent to an activating group) is 2. The van der Waals surface area contributed by atoms with Crippen LogP contribution in [0.1, 0.15) is 18.5 Å². The van der Waals surface area contributed by atoms with Crippen molar-refractivity contribution < 1.29 is 4.74 Å². The Labute approximate surface area is 98.4 Å². The standard InChI is InChI=1S/C13H22N2O/c1-5-16-13-9-7-6-8-11(13)12(14-2)10-15(3)4/h6-9,12,14H,5,10H2,1-4H3. The molecule has 0 saturated heterocycles. The molecule has 0 radical (unpaired) electrons. The van der Waals surface area contributed by atoms with E-state index < -0.39 is 0 Å². The van der Waals surface area contributed by atoms with E-state index in [4.69, 9.17) is 4.74 Å². The second-order valence-electron chi connectivity index (χ2n) is 4.07. The van der Waals surface area contributed by atoms with Gasteiger partial charge in [-0.3, -0.25) is 0 Å². The molecular weight excluding hydrogens is 200 g/mol. The third kappa shape index (κ3) is 3.51. The first kappa shape index (κ1) is 13.0. The van der Waals surface area contributed by atoms with E-state index in [-0.39, 0.29) is 0 Å². The average Bonchev–Trinajstić information content (AvgIpc) is 2.27. The van der Waals surface area contributed by atoms with Crippen molar-refractivity contribution in [1.29, 1.82) is 0 Å². The van der Waals surface area contributed by atoms with Gasteiger partial charge in [-0.2, -0.15) is 0 Å². The third-order valence-electron chi connectivity index (χ3n) is 2.49. The van der Waals surface area contributed by atoms with Crippen LogP contribution >= 0.6 is 0 Å². The van der Waals surface area contributed by atoms with Gasteiger partial charge in [-0.1, -0.05) is 18.2 Å². The van der Waals surface area contributed by atoms with E-state index in [1.165, 1.54) is 5.56 Å². The van der Waals surface area contributed by atoms with Crippen LogP contribution in [0, 0.1) is 0 Å². The predicted octanol–water partition coefficient (Wildman–Crippen LogP) is 1.91. The Morgan fingerprint density at radius 1 is 1.31 bits per heavy atom. The van der Waals surface area contributed by atoms with Crippen LogP contribution in [-0.4, -0.2) is 39.2 Å². The van der Waals surface area contributed by atoms with Gasteiger partial charge in [-0.25, -0.2) is 0 Å². The van der Waals surface area contributed by atoms with Gasteiger partial charge in [0.25, 0.3) is 0 Å². The number of ether oxygens (including phenoxy) is 1. The fraction of sp³-hybridized carbons (Fsp3) is 0.538. The second kappa shape index (κ2) is 6.51. The lowest BCUT2D eigenvalue weighted by atomic mass is 10.1. The number of nitrogens with zero attached hydrogens (tertiary/aromatic N) is 1. The second-order valence-corrected chi connectivity index (χ2v) is 4.07. The minimum absolute atomic E-state index is 0.303. The molecule has 0 aliphatic rings. The zero-order chi connectivity index (χ0) is 12.0. The normalized spacial score (nSPS) is 12.8. The summed E-state index contributed by atoms with van der Waals surface area (Å²) in [5.41, 5.74) is 1.22. The van der Waals surface area contributed by atoms with Crippen LogP contribution in [-0.2, 0) is 0 Å². The quantitative estimate of drug-likeness (QED) is 0.795. The molecule has 1 unspecified atom stereocenters. The highest BCUT2D eigenvalue weighted by molar-refractivity contribution is 5.36. The highest BCUT2D eigenvalue weighted by atomic mass is 16.5. The Balaban J connectivity index is 2.89. The molecule has 0 aliphatic carbocycles. The molecule has 0 amide bonds. The van der Waals surface area contributed by atoms with Crippen molar-refractivity contribution in [3.05, 3.63) is 29.8 Å². The highest BCUT2D eigenvalue weighted by Crippen LogP contribution is 2.25. The summed E-state index contributed by atoms with van der Waals surface area (Å²) in [5.74, 6) is 0.978. The van der Waals surface area contributed by atoms with E-state index >= 15 is 0 Å². The fourth-order valence-corrected chi connectivity index (χ4v) is 1.77. The molecular formula is C13H22N2O. The van der Waals surface area contributed by atoms with Gasteiger partial charge < -0.3 is 15.0 Å². The molecule has 1 rings (SSSR count). The summed E-state index contributed by atoms with van der Waals surface area (Å²) in [7, 11) is 6.14. The molecule has 1 aromatic carbocycles. The Bertz CT molecular complexity index is 313. The van der Waals surface area contributed by atoms with Gasteiger partial charge in [0.1, 0.15) is 5.75 Å². The SMILES string of the molecule is CCOc1ccccc1C(CN(C)C)NC. The van der Waals surface area contributed by atoms with Gasteiger partial charge in [0, 0.05) is 18.2 Å². The molecule has 0 heterocycles. The molecule has 3 nitrogen and oxygen atoms in total. The summed E-state index contributed by atoms with van der Waals surface area (Å²) < 4.78 is 5.64. The van der Waals surface area contributed by atoms with Gasteiger partial charge in [-0.15, -0.1) is 0 Å². The van der Waals surface area contributed by atoms with Crippen LogP contribution in [0.25, 0.3) is 0 Å². The molecule has 1 atom stereocenters. The molecule has 1 N–H and O–H groups in total. The summed E-state index contributed by atoms with van der Waals surface area (Å²) in [6.45, 7) is 3.67. The van der Waals surface area contributed by atoms with Crippen LogP contribution in [0.5, 0.6) is 5.75 Å². The van der Waals surface area contributed by atoms with Crippen molar-refractivity contribution in [3.63, 3.8) is 0 Å².